The Morgan fingerprint density at radius 1 is 1.21 bits per heavy atom. The summed E-state index contributed by atoms with van der Waals surface area (Å²) < 4.78 is 5.93. The van der Waals surface area contributed by atoms with E-state index in [1.165, 1.54) is 18.4 Å². The molecular weight excluding hydrogens is 234 g/mol. The Labute approximate surface area is 117 Å². The lowest BCUT2D eigenvalue weighted by atomic mass is 9.82. The van der Waals surface area contributed by atoms with E-state index < -0.39 is 0 Å². The van der Waals surface area contributed by atoms with Crippen molar-refractivity contribution in [2.45, 2.75) is 51.9 Å². The SMILES string of the molecule is CCC(C)(C)c1ccc(OCC2(CCN)CC2)cc1. The van der Waals surface area contributed by atoms with Crippen molar-refractivity contribution in [1.29, 1.82) is 0 Å². The van der Waals surface area contributed by atoms with E-state index in [1.54, 1.807) is 0 Å². The predicted molar refractivity (Wildman–Crippen MR) is 80.6 cm³/mol. The Bertz CT molecular complexity index is 404. The third-order valence-corrected chi connectivity index (χ3v) is 4.70. The molecule has 0 aromatic heterocycles. The zero-order valence-corrected chi connectivity index (χ0v) is 12.5. The van der Waals surface area contributed by atoms with Crippen LogP contribution in [-0.2, 0) is 5.41 Å². The molecule has 0 bridgehead atoms. The molecule has 19 heavy (non-hydrogen) atoms. The first-order chi connectivity index (χ1) is 9.01. The van der Waals surface area contributed by atoms with E-state index in [4.69, 9.17) is 10.5 Å². The molecule has 0 heterocycles. The fourth-order valence-electron chi connectivity index (χ4n) is 2.39. The van der Waals surface area contributed by atoms with E-state index in [-0.39, 0.29) is 5.41 Å². The zero-order chi connectivity index (χ0) is 13.9. The largest absolute Gasteiger partial charge is 0.493 e. The molecule has 0 saturated heterocycles. The summed E-state index contributed by atoms with van der Waals surface area (Å²) in [6.07, 6.45) is 4.77. The molecule has 106 valence electrons. The van der Waals surface area contributed by atoms with Crippen molar-refractivity contribution >= 4 is 0 Å². The van der Waals surface area contributed by atoms with Gasteiger partial charge < -0.3 is 10.5 Å². The number of ether oxygens (including phenoxy) is 1. The van der Waals surface area contributed by atoms with E-state index in [9.17, 15) is 0 Å². The topological polar surface area (TPSA) is 35.2 Å². The van der Waals surface area contributed by atoms with Crippen LogP contribution in [0.5, 0.6) is 5.75 Å². The fourth-order valence-corrected chi connectivity index (χ4v) is 2.39. The highest BCUT2D eigenvalue weighted by Gasteiger charge is 2.42. The molecule has 2 heteroatoms. The lowest BCUT2D eigenvalue weighted by molar-refractivity contribution is 0.227. The summed E-state index contributed by atoms with van der Waals surface area (Å²) in [5.41, 5.74) is 7.66. The van der Waals surface area contributed by atoms with E-state index in [1.807, 2.05) is 0 Å². The van der Waals surface area contributed by atoms with Gasteiger partial charge in [0.15, 0.2) is 0 Å². The minimum absolute atomic E-state index is 0.246. The van der Waals surface area contributed by atoms with Gasteiger partial charge in [0.1, 0.15) is 5.75 Å². The fraction of sp³-hybridized carbons (Fsp3) is 0.647. The van der Waals surface area contributed by atoms with E-state index in [0.29, 0.717) is 5.41 Å². The van der Waals surface area contributed by atoms with E-state index in [2.05, 4.69) is 45.0 Å². The molecule has 2 N–H and O–H groups in total. The molecule has 0 radical (unpaired) electrons. The summed E-state index contributed by atoms with van der Waals surface area (Å²) in [6.45, 7) is 8.38. The second kappa shape index (κ2) is 5.54. The van der Waals surface area contributed by atoms with Crippen molar-refractivity contribution in [1.82, 2.24) is 0 Å². The Balaban J connectivity index is 1.92. The minimum atomic E-state index is 0.246. The second-order valence-corrected chi connectivity index (χ2v) is 6.59. The van der Waals surface area contributed by atoms with E-state index >= 15 is 0 Å². The van der Waals surface area contributed by atoms with E-state index in [0.717, 1.165) is 31.7 Å². The highest BCUT2D eigenvalue weighted by Crippen LogP contribution is 2.48. The third kappa shape index (κ3) is 3.50. The first kappa shape index (κ1) is 14.4. The van der Waals surface area contributed by atoms with Gasteiger partial charge in [0.25, 0.3) is 0 Å². The van der Waals surface area contributed by atoms with Gasteiger partial charge in [0, 0.05) is 5.41 Å². The van der Waals surface area contributed by atoms with Gasteiger partial charge in [0.05, 0.1) is 6.61 Å². The van der Waals surface area contributed by atoms with Crippen molar-refractivity contribution in [3.05, 3.63) is 29.8 Å². The standard InChI is InChI=1S/C17H27NO/c1-4-16(2,3)14-5-7-15(8-6-14)19-13-17(9-10-17)11-12-18/h5-8H,4,9-13,18H2,1-3H3. The van der Waals surface area contributed by atoms with Crippen LogP contribution in [0, 0.1) is 5.41 Å². The summed E-state index contributed by atoms with van der Waals surface area (Å²) in [5.74, 6) is 0.985. The van der Waals surface area contributed by atoms with Gasteiger partial charge in [-0.1, -0.05) is 32.9 Å². The molecule has 1 aromatic carbocycles. The molecule has 1 fully saturated rings. The van der Waals surface area contributed by atoms with Gasteiger partial charge in [-0.2, -0.15) is 0 Å². The summed E-state index contributed by atoms with van der Waals surface area (Å²) in [4.78, 5) is 0. The van der Waals surface area contributed by atoms with Crippen LogP contribution < -0.4 is 10.5 Å². The average molecular weight is 261 g/mol. The number of hydrogen-bond donors (Lipinski definition) is 1. The van der Waals surface area contributed by atoms with Crippen molar-refractivity contribution in [2.24, 2.45) is 11.1 Å². The van der Waals surface area contributed by atoms with Crippen molar-refractivity contribution in [3.63, 3.8) is 0 Å². The first-order valence-electron chi connectivity index (χ1n) is 7.45. The molecule has 0 atom stereocenters. The van der Waals surface area contributed by atoms with Crippen molar-refractivity contribution in [3.8, 4) is 5.75 Å². The average Bonchev–Trinajstić information content (AvgIpc) is 3.18. The quantitative estimate of drug-likeness (QED) is 0.808. The van der Waals surface area contributed by atoms with Crippen LogP contribution >= 0.6 is 0 Å². The maximum Gasteiger partial charge on any atom is 0.119 e. The lowest BCUT2D eigenvalue weighted by Crippen LogP contribution is -2.18. The van der Waals surface area contributed by atoms with Crippen LogP contribution in [0.4, 0.5) is 0 Å². The zero-order valence-electron chi connectivity index (χ0n) is 12.5. The van der Waals surface area contributed by atoms with Crippen LogP contribution in [0.25, 0.3) is 0 Å². The molecule has 0 spiro atoms. The van der Waals surface area contributed by atoms with Crippen LogP contribution in [-0.4, -0.2) is 13.2 Å². The molecule has 1 aromatic rings. The van der Waals surface area contributed by atoms with Crippen molar-refractivity contribution < 1.29 is 4.74 Å². The van der Waals surface area contributed by atoms with Crippen LogP contribution in [0.15, 0.2) is 24.3 Å². The molecule has 1 aliphatic rings. The Morgan fingerprint density at radius 2 is 1.84 bits per heavy atom. The molecule has 0 unspecified atom stereocenters. The molecule has 1 saturated carbocycles. The first-order valence-corrected chi connectivity index (χ1v) is 7.45. The van der Waals surface area contributed by atoms with Gasteiger partial charge >= 0.3 is 0 Å². The van der Waals surface area contributed by atoms with Gasteiger partial charge in [-0.3, -0.25) is 0 Å². The summed E-state index contributed by atoms with van der Waals surface area (Å²) in [7, 11) is 0. The molecule has 2 rings (SSSR count). The molecule has 0 aliphatic heterocycles. The molecule has 2 nitrogen and oxygen atoms in total. The second-order valence-electron chi connectivity index (χ2n) is 6.59. The smallest absolute Gasteiger partial charge is 0.119 e. The Morgan fingerprint density at radius 3 is 2.32 bits per heavy atom. The highest BCUT2D eigenvalue weighted by atomic mass is 16.5. The van der Waals surface area contributed by atoms with Crippen molar-refractivity contribution in [2.75, 3.05) is 13.2 Å². The highest BCUT2D eigenvalue weighted by molar-refractivity contribution is 5.31. The normalized spacial score (nSPS) is 17.3. The lowest BCUT2D eigenvalue weighted by Gasteiger charge is -2.23. The Hall–Kier alpha value is -1.02. The summed E-state index contributed by atoms with van der Waals surface area (Å²) >= 11 is 0. The number of nitrogens with two attached hydrogens (primary N) is 1. The number of hydrogen-bond acceptors (Lipinski definition) is 2. The van der Waals surface area contributed by atoms with Crippen LogP contribution in [0.2, 0.25) is 0 Å². The Kier molecular flexibility index (Phi) is 4.19. The summed E-state index contributed by atoms with van der Waals surface area (Å²) in [5, 5.41) is 0. The van der Waals surface area contributed by atoms with Gasteiger partial charge in [-0.25, -0.2) is 0 Å². The van der Waals surface area contributed by atoms with Crippen LogP contribution in [0.1, 0.15) is 52.0 Å². The van der Waals surface area contributed by atoms with Gasteiger partial charge in [0.2, 0.25) is 0 Å². The monoisotopic (exact) mass is 261 g/mol. The third-order valence-electron chi connectivity index (χ3n) is 4.70. The predicted octanol–water partition coefficient (Wildman–Crippen LogP) is 3.88. The van der Waals surface area contributed by atoms with Gasteiger partial charge in [-0.05, 0) is 55.3 Å². The number of rotatable bonds is 7. The van der Waals surface area contributed by atoms with Gasteiger partial charge in [-0.15, -0.1) is 0 Å². The summed E-state index contributed by atoms with van der Waals surface area (Å²) in [6, 6.07) is 8.60. The molecule has 0 amide bonds. The number of benzene rings is 1. The molecule has 1 aliphatic carbocycles. The maximum atomic E-state index is 5.93. The van der Waals surface area contributed by atoms with Crippen LogP contribution in [0.3, 0.4) is 0 Å². The maximum absolute atomic E-state index is 5.93. The minimum Gasteiger partial charge on any atom is -0.493 e. The molecular formula is C17H27NO.